The van der Waals surface area contributed by atoms with Crippen LogP contribution in [0.15, 0.2) is 70.3 Å². The molecule has 3 rings (SSSR count). The molecule has 2 aromatic carbocycles. The van der Waals surface area contributed by atoms with Gasteiger partial charge < -0.3 is 15.4 Å². The molecule has 1 heterocycles. The van der Waals surface area contributed by atoms with Gasteiger partial charge in [0.15, 0.2) is 0 Å². The third-order valence-electron chi connectivity index (χ3n) is 4.39. The number of sulfonamides is 1. The molecule has 3 aromatic rings. The van der Waals surface area contributed by atoms with Crippen LogP contribution in [0.2, 0.25) is 0 Å². The van der Waals surface area contributed by atoms with Crippen molar-refractivity contribution in [1.29, 1.82) is 0 Å². The van der Waals surface area contributed by atoms with Crippen molar-refractivity contribution in [3.05, 3.63) is 77.2 Å². The zero-order valence-corrected chi connectivity index (χ0v) is 19.2. The number of hydrogen-bond donors (Lipinski definition) is 3. The number of hydrogen-bond acceptors (Lipinski definition) is 7. The fourth-order valence-electron chi connectivity index (χ4n) is 2.71. The maximum atomic E-state index is 12.5. The fraction of sp³-hybridized carbons (Fsp3) is 0.136. The first-order valence-electron chi connectivity index (χ1n) is 9.67. The van der Waals surface area contributed by atoms with Gasteiger partial charge in [-0.25, -0.2) is 8.42 Å². The van der Waals surface area contributed by atoms with Gasteiger partial charge in [-0.05, 0) is 53.4 Å². The van der Waals surface area contributed by atoms with Crippen LogP contribution in [0, 0.1) is 0 Å². The minimum absolute atomic E-state index is 0.0774. The van der Waals surface area contributed by atoms with Crippen molar-refractivity contribution < 1.29 is 27.5 Å². The first-order chi connectivity index (χ1) is 15.8. The van der Waals surface area contributed by atoms with Crippen LogP contribution in [0.5, 0.6) is 0 Å². The quantitative estimate of drug-likeness (QED) is 0.398. The van der Waals surface area contributed by atoms with Crippen molar-refractivity contribution in [2.75, 3.05) is 23.7 Å². The van der Waals surface area contributed by atoms with Gasteiger partial charge in [0, 0.05) is 16.9 Å². The lowest BCUT2D eigenvalue weighted by atomic mass is 10.1. The zero-order valence-electron chi connectivity index (χ0n) is 17.5. The van der Waals surface area contributed by atoms with Crippen LogP contribution in [0.4, 0.5) is 11.4 Å². The molecular weight excluding hydrogens is 466 g/mol. The van der Waals surface area contributed by atoms with Crippen molar-refractivity contribution in [2.45, 2.75) is 10.6 Å². The molecule has 11 heteroatoms. The molecule has 2 amide bonds. The molecule has 172 valence electrons. The van der Waals surface area contributed by atoms with Crippen LogP contribution < -0.4 is 15.4 Å². The van der Waals surface area contributed by atoms with Gasteiger partial charge >= 0.3 is 5.97 Å². The predicted molar refractivity (Wildman–Crippen MR) is 125 cm³/mol. The Morgan fingerprint density at radius 3 is 2.21 bits per heavy atom. The third-order valence-corrected chi connectivity index (χ3v) is 7.17. The van der Waals surface area contributed by atoms with Gasteiger partial charge in [-0.15, -0.1) is 11.3 Å². The molecule has 9 nitrogen and oxygen atoms in total. The number of methoxy groups -OCH3 is 1. The van der Waals surface area contributed by atoms with E-state index in [9.17, 15) is 22.8 Å². The van der Waals surface area contributed by atoms with E-state index < -0.39 is 16.0 Å². The Labute approximate surface area is 194 Å². The van der Waals surface area contributed by atoms with Gasteiger partial charge in [0.25, 0.3) is 15.9 Å². The van der Waals surface area contributed by atoms with Crippen LogP contribution in [0.1, 0.15) is 15.9 Å². The average Bonchev–Trinajstić information content (AvgIpc) is 3.35. The highest BCUT2D eigenvalue weighted by atomic mass is 32.2. The van der Waals surface area contributed by atoms with Crippen LogP contribution in [0.3, 0.4) is 0 Å². The smallest absolute Gasteiger partial charge is 0.325 e. The van der Waals surface area contributed by atoms with Crippen molar-refractivity contribution in [1.82, 2.24) is 5.32 Å². The summed E-state index contributed by atoms with van der Waals surface area (Å²) >= 11 is 1.11. The number of nitrogens with one attached hydrogen (secondary N) is 3. The summed E-state index contributed by atoms with van der Waals surface area (Å²) in [6.45, 7) is -0.197. The lowest BCUT2D eigenvalue weighted by Gasteiger charge is -2.09. The lowest BCUT2D eigenvalue weighted by Crippen LogP contribution is -2.31. The first kappa shape index (κ1) is 24.0. The minimum Gasteiger partial charge on any atom is -0.468 e. The molecule has 0 atom stereocenters. The molecule has 0 saturated carbocycles. The summed E-state index contributed by atoms with van der Waals surface area (Å²) in [6, 6.07) is 15.9. The second kappa shape index (κ2) is 10.7. The summed E-state index contributed by atoms with van der Waals surface area (Å²) in [5, 5.41) is 6.87. The Balaban J connectivity index is 1.54. The first-order valence-corrected chi connectivity index (χ1v) is 12.0. The maximum Gasteiger partial charge on any atom is 0.325 e. The van der Waals surface area contributed by atoms with Crippen LogP contribution in [-0.4, -0.2) is 39.9 Å². The molecule has 0 unspecified atom stereocenters. The highest BCUT2D eigenvalue weighted by Crippen LogP contribution is 2.21. The van der Waals surface area contributed by atoms with E-state index in [1.165, 1.54) is 37.4 Å². The number of carbonyl (C=O) groups is 3. The second-order valence-electron chi connectivity index (χ2n) is 6.80. The standard InChI is InChI=1S/C22H21N3O6S2/c1-31-20(27)14-23-19(26)13-15-4-8-17(9-5-15)24-22(28)16-6-10-18(11-7-16)25-33(29,30)21-3-2-12-32-21/h2-12,25H,13-14H2,1H3,(H,23,26)(H,24,28). The number of ether oxygens (including phenoxy) is 1. The number of amides is 2. The Kier molecular flexibility index (Phi) is 7.80. The fourth-order valence-corrected chi connectivity index (χ4v) is 4.76. The van der Waals surface area contributed by atoms with Crippen molar-refractivity contribution in [3.8, 4) is 0 Å². The Bertz CT molecular complexity index is 1220. The Morgan fingerprint density at radius 2 is 1.61 bits per heavy atom. The van der Waals surface area contributed by atoms with Gasteiger partial charge in [0.05, 0.1) is 13.5 Å². The summed E-state index contributed by atoms with van der Waals surface area (Å²) in [5.41, 5.74) is 1.93. The lowest BCUT2D eigenvalue weighted by molar-refractivity contribution is -0.141. The molecule has 0 aliphatic rings. The highest BCUT2D eigenvalue weighted by molar-refractivity contribution is 7.94. The highest BCUT2D eigenvalue weighted by Gasteiger charge is 2.15. The molecule has 3 N–H and O–H groups in total. The molecule has 1 aromatic heterocycles. The monoisotopic (exact) mass is 487 g/mol. The van der Waals surface area contributed by atoms with Gasteiger partial charge in [0.2, 0.25) is 5.91 Å². The van der Waals surface area contributed by atoms with Gasteiger partial charge in [0.1, 0.15) is 10.8 Å². The van der Waals surface area contributed by atoms with Crippen molar-refractivity contribution >= 4 is 50.5 Å². The van der Waals surface area contributed by atoms with E-state index in [-0.39, 0.29) is 29.0 Å². The molecule has 0 fully saturated rings. The molecule has 0 radical (unpaired) electrons. The number of esters is 1. The van der Waals surface area contributed by atoms with Crippen molar-refractivity contribution in [2.24, 2.45) is 0 Å². The largest absolute Gasteiger partial charge is 0.468 e. The van der Waals surface area contributed by atoms with Crippen LogP contribution in [-0.2, 0) is 30.8 Å². The van der Waals surface area contributed by atoms with E-state index in [0.29, 0.717) is 22.5 Å². The van der Waals surface area contributed by atoms with E-state index in [0.717, 1.165) is 11.3 Å². The normalized spacial score (nSPS) is 10.8. The molecular formula is C22H21N3O6S2. The zero-order chi connectivity index (χ0) is 23.8. The summed E-state index contributed by atoms with van der Waals surface area (Å²) in [7, 11) is -2.42. The van der Waals surface area contributed by atoms with Gasteiger partial charge in [-0.3, -0.25) is 19.1 Å². The van der Waals surface area contributed by atoms with E-state index in [1.54, 1.807) is 35.7 Å². The Hall–Kier alpha value is -3.70. The van der Waals surface area contributed by atoms with Crippen LogP contribution >= 0.6 is 11.3 Å². The number of benzene rings is 2. The molecule has 0 aliphatic heterocycles. The average molecular weight is 488 g/mol. The van der Waals surface area contributed by atoms with Crippen LogP contribution in [0.25, 0.3) is 0 Å². The third kappa shape index (κ3) is 6.89. The van der Waals surface area contributed by atoms with E-state index in [4.69, 9.17) is 0 Å². The van der Waals surface area contributed by atoms with Gasteiger partial charge in [-0.2, -0.15) is 0 Å². The van der Waals surface area contributed by atoms with Gasteiger partial charge in [-0.1, -0.05) is 18.2 Å². The molecule has 0 aliphatic carbocycles. The molecule has 0 bridgehead atoms. The number of rotatable bonds is 9. The summed E-state index contributed by atoms with van der Waals surface area (Å²) in [5.74, 6) is -1.23. The summed E-state index contributed by atoms with van der Waals surface area (Å²) in [4.78, 5) is 35.4. The number of carbonyl (C=O) groups excluding carboxylic acids is 3. The molecule has 33 heavy (non-hydrogen) atoms. The second-order valence-corrected chi connectivity index (χ2v) is 9.65. The Morgan fingerprint density at radius 1 is 0.939 bits per heavy atom. The predicted octanol–water partition coefficient (Wildman–Crippen LogP) is 2.63. The molecule has 0 saturated heterocycles. The minimum atomic E-state index is -3.66. The summed E-state index contributed by atoms with van der Waals surface area (Å²) in [6.07, 6.45) is 0.0774. The number of anilines is 2. The SMILES string of the molecule is COC(=O)CNC(=O)Cc1ccc(NC(=O)c2ccc(NS(=O)(=O)c3cccs3)cc2)cc1. The van der Waals surface area contributed by atoms with E-state index in [1.807, 2.05) is 0 Å². The maximum absolute atomic E-state index is 12.5. The number of thiophene rings is 1. The summed E-state index contributed by atoms with van der Waals surface area (Å²) < 4.78 is 31.7. The van der Waals surface area contributed by atoms with Crippen molar-refractivity contribution in [3.63, 3.8) is 0 Å². The molecule has 0 spiro atoms. The topological polar surface area (TPSA) is 131 Å². The van der Waals surface area contributed by atoms with E-state index in [2.05, 4.69) is 20.1 Å². The van der Waals surface area contributed by atoms with E-state index >= 15 is 0 Å².